The summed E-state index contributed by atoms with van der Waals surface area (Å²) >= 11 is 6.94. The minimum absolute atomic E-state index is 0.136. The number of carboxylic acids is 1. The number of thiazole rings is 1. The van der Waals surface area contributed by atoms with Crippen LogP contribution in [0.3, 0.4) is 0 Å². The fourth-order valence-corrected chi connectivity index (χ4v) is 2.43. The molecule has 104 valence electrons. The summed E-state index contributed by atoms with van der Waals surface area (Å²) in [5.41, 5.74) is -0.187. The molecular weight excluding hydrogens is 306 g/mol. The second-order valence-electron chi connectivity index (χ2n) is 3.73. The SMILES string of the molecule is O=C(O)c1ccc(NCc2cnc(Cl)s2)c([N+](=O)[O-])c1. The summed E-state index contributed by atoms with van der Waals surface area (Å²) in [5.74, 6) is -1.21. The van der Waals surface area contributed by atoms with E-state index in [0.717, 1.165) is 10.9 Å². The predicted molar refractivity (Wildman–Crippen MR) is 74.5 cm³/mol. The summed E-state index contributed by atoms with van der Waals surface area (Å²) in [4.78, 5) is 25.8. The maximum absolute atomic E-state index is 11.0. The van der Waals surface area contributed by atoms with E-state index in [4.69, 9.17) is 16.7 Å². The summed E-state index contributed by atoms with van der Waals surface area (Å²) < 4.78 is 0.387. The molecule has 2 rings (SSSR count). The van der Waals surface area contributed by atoms with Gasteiger partial charge in [0.1, 0.15) is 5.69 Å². The van der Waals surface area contributed by atoms with E-state index >= 15 is 0 Å². The average molecular weight is 314 g/mol. The first-order valence-electron chi connectivity index (χ1n) is 5.33. The van der Waals surface area contributed by atoms with Crippen molar-refractivity contribution >= 4 is 40.3 Å². The van der Waals surface area contributed by atoms with Crippen LogP contribution in [0.2, 0.25) is 4.47 Å². The van der Waals surface area contributed by atoms with Gasteiger partial charge in [-0.2, -0.15) is 0 Å². The number of rotatable bonds is 5. The molecular formula is C11H8ClN3O4S. The highest BCUT2D eigenvalue weighted by Crippen LogP contribution is 2.27. The number of nitro groups is 1. The standard InChI is InChI=1S/C11H8ClN3O4S/c12-11-14-5-7(20-11)4-13-8-2-1-6(10(16)17)3-9(8)15(18)19/h1-3,5,13H,4H2,(H,16,17). The molecule has 7 nitrogen and oxygen atoms in total. The van der Waals surface area contributed by atoms with Crippen LogP contribution in [0.4, 0.5) is 11.4 Å². The van der Waals surface area contributed by atoms with Crippen molar-refractivity contribution in [1.82, 2.24) is 4.98 Å². The molecule has 1 heterocycles. The zero-order valence-electron chi connectivity index (χ0n) is 9.87. The van der Waals surface area contributed by atoms with Crippen molar-refractivity contribution in [3.63, 3.8) is 0 Å². The lowest BCUT2D eigenvalue weighted by atomic mass is 10.1. The highest BCUT2D eigenvalue weighted by atomic mass is 35.5. The number of nitro benzene ring substituents is 1. The molecule has 0 fully saturated rings. The average Bonchev–Trinajstić information content (AvgIpc) is 2.81. The summed E-state index contributed by atoms with van der Waals surface area (Å²) in [6.07, 6.45) is 1.57. The van der Waals surface area contributed by atoms with Crippen LogP contribution >= 0.6 is 22.9 Å². The Labute approximate surface area is 122 Å². The van der Waals surface area contributed by atoms with Gasteiger partial charge in [0.15, 0.2) is 4.47 Å². The second kappa shape index (κ2) is 5.85. The third kappa shape index (κ3) is 3.22. The van der Waals surface area contributed by atoms with Crippen molar-refractivity contribution in [2.75, 3.05) is 5.32 Å². The van der Waals surface area contributed by atoms with Gasteiger partial charge in [-0.3, -0.25) is 10.1 Å². The van der Waals surface area contributed by atoms with E-state index in [-0.39, 0.29) is 16.9 Å². The number of benzene rings is 1. The number of hydrogen-bond donors (Lipinski definition) is 2. The molecule has 2 N–H and O–H groups in total. The summed E-state index contributed by atoms with van der Waals surface area (Å²) in [6, 6.07) is 3.69. The Morgan fingerprint density at radius 2 is 2.30 bits per heavy atom. The van der Waals surface area contributed by atoms with E-state index in [2.05, 4.69) is 10.3 Å². The van der Waals surface area contributed by atoms with Gasteiger partial charge in [0.25, 0.3) is 5.69 Å². The number of nitrogens with one attached hydrogen (secondary N) is 1. The van der Waals surface area contributed by atoms with Gasteiger partial charge in [0.2, 0.25) is 0 Å². The quantitative estimate of drug-likeness (QED) is 0.649. The van der Waals surface area contributed by atoms with Crippen LogP contribution < -0.4 is 5.32 Å². The lowest BCUT2D eigenvalue weighted by molar-refractivity contribution is -0.384. The van der Waals surface area contributed by atoms with Crippen molar-refractivity contribution < 1.29 is 14.8 Å². The summed E-state index contributed by atoms with van der Waals surface area (Å²) in [6.45, 7) is 0.317. The Morgan fingerprint density at radius 1 is 1.55 bits per heavy atom. The molecule has 2 aromatic rings. The van der Waals surface area contributed by atoms with Crippen LogP contribution in [0.1, 0.15) is 15.2 Å². The Kier molecular flexibility index (Phi) is 4.16. The number of aromatic nitrogens is 1. The van der Waals surface area contributed by atoms with Crippen LogP contribution in [0.25, 0.3) is 0 Å². The van der Waals surface area contributed by atoms with Crippen molar-refractivity contribution in [1.29, 1.82) is 0 Å². The number of carboxylic acid groups (broad SMARTS) is 1. The minimum Gasteiger partial charge on any atom is -0.478 e. The maximum Gasteiger partial charge on any atom is 0.335 e. The monoisotopic (exact) mass is 313 g/mol. The smallest absolute Gasteiger partial charge is 0.335 e. The van der Waals surface area contributed by atoms with E-state index in [0.29, 0.717) is 11.0 Å². The van der Waals surface area contributed by atoms with E-state index in [1.807, 2.05) is 0 Å². The second-order valence-corrected chi connectivity index (χ2v) is 5.42. The Morgan fingerprint density at radius 3 is 2.85 bits per heavy atom. The first-order chi connectivity index (χ1) is 9.47. The molecule has 0 unspecified atom stereocenters. The maximum atomic E-state index is 11.0. The van der Waals surface area contributed by atoms with E-state index < -0.39 is 10.9 Å². The molecule has 0 atom stereocenters. The van der Waals surface area contributed by atoms with E-state index in [9.17, 15) is 14.9 Å². The van der Waals surface area contributed by atoms with Gasteiger partial charge >= 0.3 is 5.97 Å². The van der Waals surface area contributed by atoms with Gasteiger partial charge in [-0.15, -0.1) is 11.3 Å². The molecule has 0 aliphatic rings. The normalized spacial score (nSPS) is 10.2. The van der Waals surface area contributed by atoms with Crippen molar-refractivity contribution in [3.05, 3.63) is 49.4 Å². The molecule has 0 spiro atoms. The van der Waals surface area contributed by atoms with Crippen LogP contribution in [0, 0.1) is 10.1 Å². The number of hydrogen-bond acceptors (Lipinski definition) is 6. The molecule has 0 aliphatic carbocycles. The number of carbonyl (C=O) groups is 1. The number of nitrogens with zero attached hydrogens (tertiary/aromatic N) is 2. The first-order valence-corrected chi connectivity index (χ1v) is 6.52. The molecule has 0 saturated carbocycles. The molecule has 1 aromatic carbocycles. The Bertz CT molecular complexity index is 673. The molecule has 0 aliphatic heterocycles. The minimum atomic E-state index is -1.21. The van der Waals surface area contributed by atoms with Crippen molar-refractivity contribution in [2.24, 2.45) is 0 Å². The number of aromatic carboxylic acids is 1. The van der Waals surface area contributed by atoms with Gasteiger partial charge in [0, 0.05) is 17.1 Å². The zero-order chi connectivity index (χ0) is 14.7. The third-order valence-corrected chi connectivity index (χ3v) is 3.53. The fourth-order valence-electron chi connectivity index (χ4n) is 1.51. The summed E-state index contributed by atoms with van der Waals surface area (Å²) in [7, 11) is 0. The molecule has 0 amide bonds. The molecule has 20 heavy (non-hydrogen) atoms. The number of anilines is 1. The zero-order valence-corrected chi connectivity index (χ0v) is 11.4. The van der Waals surface area contributed by atoms with Crippen LogP contribution in [-0.2, 0) is 6.54 Å². The van der Waals surface area contributed by atoms with E-state index in [1.54, 1.807) is 6.20 Å². The van der Waals surface area contributed by atoms with Gasteiger partial charge < -0.3 is 10.4 Å². The molecule has 0 bridgehead atoms. The van der Waals surface area contributed by atoms with Gasteiger partial charge in [-0.25, -0.2) is 9.78 Å². The predicted octanol–water partition coefficient (Wildman–Crippen LogP) is 3.02. The van der Waals surface area contributed by atoms with Crippen molar-refractivity contribution in [3.8, 4) is 0 Å². The highest BCUT2D eigenvalue weighted by molar-refractivity contribution is 7.15. The fraction of sp³-hybridized carbons (Fsp3) is 0.0909. The summed E-state index contributed by atoms with van der Waals surface area (Å²) in [5, 5.41) is 22.6. The van der Waals surface area contributed by atoms with Gasteiger partial charge in [-0.05, 0) is 12.1 Å². The lowest BCUT2D eigenvalue weighted by Gasteiger charge is -2.06. The third-order valence-electron chi connectivity index (χ3n) is 2.42. The Hall–Kier alpha value is -2.19. The first kappa shape index (κ1) is 14.2. The van der Waals surface area contributed by atoms with E-state index in [1.165, 1.54) is 23.5 Å². The molecule has 0 radical (unpaired) electrons. The molecule has 0 saturated heterocycles. The van der Waals surface area contributed by atoms with Crippen molar-refractivity contribution in [2.45, 2.75) is 6.54 Å². The van der Waals surface area contributed by atoms with Gasteiger partial charge in [-0.1, -0.05) is 11.6 Å². The topological polar surface area (TPSA) is 105 Å². The van der Waals surface area contributed by atoms with Gasteiger partial charge in [0.05, 0.1) is 17.0 Å². The van der Waals surface area contributed by atoms with Crippen LogP contribution in [0.15, 0.2) is 24.4 Å². The lowest BCUT2D eigenvalue weighted by Crippen LogP contribution is -2.04. The Balaban J connectivity index is 2.22. The van der Waals surface area contributed by atoms with Crippen LogP contribution in [0.5, 0.6) is 0 Å². The highest BCUT2D eigenvalue weighted by Gasteiger charge is 2.17. The number of halogens is 1. The molecule has 9 heteroatoms. The largest absolute Gasteiger partial charge is 0.478 e. The van der Waals surface area contributed by atoms with Crippen LogP contribution in [-0.4, -0.2) is 21.0 Å². The molecule has 1 aromatic heterocycles.